The second-order valence-corrected chi connectivity index (χ2v) is 7.80. The van der Waals surface area contributed by atoms with Crippen LogP contribution < -0.4 is 10.6 Å². The van der Waals surface area contributed by atoms with Gasteiger partial charge in [0.05, 0.1) is 0 Å². The Bertz CT molecular complexity index is 486. The van der Waals surface area contributed by atoms with Crippen LogP contribution in [0, 0.1) is 5.41 Å². The van der Waals surface area contributed by atoms with Crippen molar-refractivity contribution >= 4 is 5.82 Å². The average Bonchev–Trinajstić information content (AvgIpc) is 2.81. The van der Waals surface area contributed by atoms with E-state index < -0.39 is 0 Å². The molecule has 1 aromatic rings. The zero-order valence-electron chi connectivity index (χ0n) is 12.6. The molecule has 0 radical (unpaired) electrons. The number of hydrogen-bond acceptors (Lipinski definition) is 3. The lowest BCUT2D eigenvalue weighted by atomic mass is 9.64. The number of H-pyrrole nitrogens is 1. The lowest BCUT2D eigenvalue weighted by Gasteiger charge is -2.41. The number of nitrogens with zero attached hydrogens (tertiary/aromatic N) is 2. The molecule has 0 bridgehead atoms. The zero-order chi connectivity index (χ0) is 13.8. The molecule has 106 valence electrons. The van der Waals surface area contributed by atoms with Crippen LogP contribution in [0.3, 0.4) is 0 Å². The van der Waals surface area contributed by atoms with Gasteiger partial charge in [0.2, 0.25) is 0 Å². The van der Waals surface area contributed by atoms with E-state index in [0.717, 1.165) is 31.7 Å². The Morgan fingerprint density at radius 3 is 2.68 bits per heavy atom. The molecule has 4 heteroatoms. The van der Waals surface area contributed by atoms with Crippen molar-refractivity contribution in [2.45, 2.75) is 58.4 Å². The Hall–Kier alpha value is -1.03. The second kappa shape index (κ2) is 3.98. The van der Waals surface area contributed by atoms with Gasteiger partial charge >= 0.3 is 0 Å². The SMILES string of the molecule is CC1(C)Cc2[nH]nc(N3CCC(N)C3)c2C(C)(C)C1. The summed E-state index contributed by atoms with van der Waals surface area (Å²) >= 11 is 0. The molecule has 0 saturated carbocycles. The third-order valence-electron chi connectivity index (χ3n) is 4.60. The number of aromatic amines is 1. The zero-order valence-corrected chi connectivity index (χ0v) is 12.6. The van der Waals surface area contributed by atoms with Gasteiger partial charge in [0, 0.05) is 30.4 Å². The van der Waals surface area contributed by atoms with E-state index in [1.54, 1.807) is 0 Å². The van der Waals surface area contributed by atoms with Gasteiger partial charge < -0.3 is 10.6 Å². The van der Waals surface area contributed by atoms with Crippen molar-refractivity contribution in [3.8, 4) is 0 Å². The van der Waals surface area contributed by atoms with E-state index in [0.29, 0.717) is 11.5 Å². The van der Waals surface area contributed by atoms with Crippen LogP contribution in [0.5, 0.6) is 0 Å². The molecule has 1 atom stereocenters. The van der Waals surface area contributed by atoms with Crippen LogP contribution in [0.2, 0.25) is 0 Å². The van der Waals surface area contributed by atoms with Crippen molar-refractivity contribution in [1.82, 2.24) is 10.2 Å². The minimum atomic E-state index is 0.187. The van der Waals surface area contributed by atoms with Gasteiger partial charge in [0.25, 0.3) is 0 Å². The molecule has 1 unspecified atom stereocenters. The molecule has 1 aliphatic heterocycles. The number of nitrogens with two attached hydrogens (primary N) is 1. The monoisotopic (exact) mass is 262 g/mol. The van der Waals surface area contributed by atoms with E-state index >= 15 is 0 Å². The van der Waals surface area contributed by atoms with Gasteiger partial charge in [-0.05, 0) is 30.1 Å². The average molecular weight is 262 g/mol. The maximum absolute atomic E-state index is 6.04. The predicted molar refractivity (Wildman–Crippen MR) is 78.5 cm³/mol. The molecular formula is C15H26N4. The summed E-state index contributed by atoms with van der Waals surface area (Å²) in [4.78, 5) is 2.36. The van der Waals surface area contributed by atoms with Crippen molar-refractivity contribution in [1.29, 1.82) is 0 Å². The van der Waals surface area contributed by atoms with Gasteiger partial charge in [-0.25, -0.2) is 0 Å². The summed E-state index contributed by atoms with van der Waals surface area (Å²) in [6, 6.07) is 0.301. The highest BCUT2D eigenvalue weighted by molar-refractivity contribution is 5.55. The molecule has 1 saturated heterocycles. The quantitative estimate of drug-likeness (QED) is 0.815. The summed E-state index contributed by atoms with van der Waals surface area (Å²) in [5.41, 5.74) is 9.34. The standard InChI is InChI=1S/C15H26N4/c1-14(2)7-11-12(15(3,4)9-14)13(18-17-11)19-6-5-10(16)8-19/h10H,5-9,16H2,1-4H3,(H,17,18). The topological polar surface area (TPSA) is 57.9 Å². The Kier molecular flexibility index (Phi) is 2.72. The maximum Gasteiger partial charge on any atom is 0.154 e. The minimum Gasteiger partial charge on any atom is -0.353 e. The number of nitrogens with one attached hydrogen (secondary N) is 1. The van der Waals surface area contributed by atoms with Crippen LogP contribution in [0.15, 0.2) is 0 Å². The molecule has 1 aliphatic carbocycles. The third-order valence-corrected chi connectivity index (χ3v) is 4.60. The summed E-state index contributed by atoms with van der Waals surface area (Å²) in [6.45, 7) is 11.4. The molecule has 3 rings (SSSR count). The molecular weight excluding hydrogens is 236 g/mol. The van der Waals surface area contributed by atoms with E-state index in [4.69, 9.17) is 5.73 Å². The largest absolute Gasteiger partial charge is 0.353 e. The number of anilines is 1. The van der Waals surface area contributed by atoms with E-state index in [9.17, 15) is 0 Å². The van der Waals surface area contributed by atoms with Gasteiger partial charge in [0.1, 0.15) is 0 Å². The molecule has 0 aromatic carbocycles. The normalized spacial score (nSPS) is 28.5. The molecule has 0 spiro atoms. The highest BCUT2D eigenvalue weighted by atomic mass is 15.3. The van der Waals surface area contributed by atoms with E-state index in [2.05, 4.69) is 42.8 Å². The summed E-state index contributed by atoms with van der Waals surface area (Å²) in [5, 5.41) is 7.92. The van der Waals surface area contributed by atoms with Crippen LogP contribution in [-0.4, -0.2) is 29.3 Å². The van der Waals surface area contributed by atoms with Gasteiger partial charge in [-0.2, -0.15) is 5.10 Å². The highest BCUT2D eigenvalue weighted by Crippen LogP contribution is 2.48. The number of fused-ring (bicyclic) bond motifs is 1. The van der Waals surface area contributed by atoms with Crippen LogP contribution in [0.25, 0.3) is 0 Å². The van der Waals surface area contributed by atoms with Crippen LogP contribution in [0.1, 0.15) is 51.8 Å². The number of hydrogen-bond donors (Lipinski definition) is 2. The van der Waals surface area contributed by atoms with E-state index in [-0.39, 0.29) is 5.41 Å². The first kappa shape index (κ1) is 13.0. The van der Waals surface area contributed by atoms with Crippen LogP contribution in [0.4, 0.5) is 5.82 Å². The minimum absolute atomic E-state index is 0.187. The molecule has 3 N–H and O–H groups in total. The molecule has 2 aliphatic rings. The fourth-order valence-corrected chi connectivity index (χ4v) is 4.24. The van der Waals surface area contributed by atoms with Gasteiger partial charge in [-0.15, -0.1) is 0 Å². The first-order valence-corrected chi connectivity index (χ1v) is 7.37. The van der Waals surface area contributed by atoms with Crippen LogP contribution in [-0.2, 0) is 11.8 Å². The van der Waals surface area contributed by atoms with Gasteiger partial charge in [-0.3, -0.25) is 5.10 Å². The molecule has 1 fully saturated rings. The first-order chi connectivity index (χ1) is 8.78. The molecule has 4 nitrogen and oxygen atoms in total. The number of rotatable bonds is 1. The number of aromatic nitrogens is 2. The fraction of sp³-hybridized carbons (Fsp3) is 0.800. The van der Waals surface area contributed by atoms with E-state index in [1.165, 1.54) is 17.7 Å². The smallest absolute Gasteiger partial charge is 0.154 e. The van der Waals surface area contributed by atoms with Crippen molar-refractivity contribution in [2.75, 3.05) is 18.0 Å². The fourth-order valence-electron chi connectivity index (χ4n) is 4.24. The van der Waals surface area contributed by atoms with Crippen molar-refractivity contribution in [3.63, 3.8) is 0 Å². The van der Waals surface area contributed by atoms with Crippen LogP contribution >= 0.6 is 0 Å². The maximum atomic E-state index is 6.04. The Morgan fingerprint density at radius 1 is 1.32 bits per heavy atom. The molecule has 1 aromatic heterocycles. The Balaban J connectivity index is 2.00. The second-order valence-electron chi connectivity index (χ2n) is 7.80. The Morgan fingerprint density at radius 2 is 2.05 bits per heavy atom. The molecule has 2 heterocycles. The lowest BCUT2D eigenvalue weighted by molar-refractivity contribution is 0.230. The molecule has 19 heavy (non-hydrogen) atoms. The lowest BCUT2D eigenvalue weighted by Crippen LogP contribution is -2.36. The van der Waals surface area contributed by atoms with Crippen molar-refractivity contribution < 1.29 is 0 Å². The Labute approximate surface area is 115 Å². The highest BCUT2D eigenvalue weighted by Gasteiger charge is 2.42. The van der Waals surface area contributed by atoms with Crippen molar-refractivity contribution in [2.24, 2.45) is 11.1 Å². The third kappa shape index (κ3) is 2.16. The van der Waals surface area contributed by atoms with Crippen molar-refractivity contribution in [3.05, 3.63) is 11.3 Å². The molecule has 0 amide bonds. The summed E-state index contributed by atoms with van der Waals surface area (Å²) in [6.07, 6.45) is 3.38. The van der Waals surface area contributed by atoms with Gasteiger partial charge in [0.15, 0.2) is 5.82 Å². The first-order valence-electron chi connectivity index (χ1n) is 7.37. The summed E-state index contributed by atoms with van der Waals surface area (Å²) in [5.74, 6) is 1.16. The predicted octanol–water partition coefficient (Wildman–Crippen LogP) is 2.20. The van der Waals surface area contributed by atoms with Gasteiger partial charge in [-0.1, -0.05) is 27.7 Å². The summed E-state index contributed by atoms with van der Waals surface area (Å²) < 4.78 is 0. The summed E-state index contributed by atoms with van der Waals surface area (Å²) in [7, 11) is 0. The van der Waals surface area contributed by atoms with E-state index in [1.807, 2.05) is 0 Å².